The number of amidine groups is 1. The number of nitrogens with two attached hydrogens (primary N) is 1. The van der Waals surface area contributed by atoms with Gasteiger partial charge in [-0.3, -0.25) is 4.90 Å². The summed E-state index contributed by atoms with van der Waals surface area (Å²) in [5.41, 5.74) is 6.76. The van der Waals surface area contributed by atoms with E-state index < -0.39 is 0 Å². The number of oxime groups is 1. The molecular formula is C13H20BrN3O. The van der Waals surface area contributed by atoms with Crippen LogP contribution in [0.5, 0.6) is 0 Å². The van der Waals surface area contributed by atoms with Crippen LogP contribution in [0.3, 0.4) is 0 Å². The van der Waals surface area contributed by atoms with Crippen molar-refractivity contribution in [3.63, 3.8) is 0 Å². The van der Waals surface area contributed by atoms with E-state index in [9.17, 15) is 0 Å². The average Bonchev–Trinajstić information content (AvgIpc) is 2.35. The summed E-state index contributed by atoms with van der Waals surface area (Å²) in [6.45, 7) is 5.93. The van der Waals surface area contributed by atoms with E-state index >= 15 is 0 Å². The highest BCUT2D eigenvalue weighted by Crippen LogP contribution is 2.13. The number of hydrogen-bond donors (Lipinski definition) is 2. The fraction of sp³-hybridized carbons (Fsp3) is 0.462. The van der Waals surface area contributed by atoms with E-state index in [1.807, 2.05) is 12.1 Å². The topological polar surface area (TPSA) is 61.8 Å². The fourth-order valence-corrected chi connectivity index (χ4v) is 1.92. The Bertz CT molecular complexity index is 390. The largest absolute Gasteiger partial charge is 0.409 e. The summed E-state index contributed by atoms with van der Waals surface area (Å²) in [4.78, 5) is 2.29. The van der Waals surface area contributed by atoms with E-state index in [0.29, 0.717) is 12.5 Å². The molecule has 0 radical (unpaired) electrons. The zero-order chi connectivity index (χ0) is 13.5. The molecular weight excluding hydrogens is 294 g/mol. The van der Waals surface area contributed by atoms with Gasteiger partial charge in [-0.25, -0.2) is 0 Å². The standard InChI is InChI=1S/C13H20BrN3O/c1-10(2)17(8-7-13(15)16-18)9-11-3-5-12(14)6-4-11/h3-6,10,18H,7-9H2,1-2H3,(H2,15,16). The predicted octanol–water partition coefficient (Wildman–Crippen LogP) is 2.80. The molecule has 0 saturated carbocycles. The molecule has 0 amide bonds. The third kappa shape index (κ3) is 5.06. The second kappa shape index (κ2) is 7.38. The van der Waals surface area contributed by atoms with Gasteiger partial charge in [-0.05, 0) is 31.5 Å². The van der Waals surface area contributed by atoms with Crippen molar-refractivity contribution in [2.24, 2.45) is 10.9 Å². The first-order valence-corrected chi connectivity index (χ1v) is 6.77. The minimum atomic E-state index is 0.274. The van der Waals surface area contributed by atoms with Crippen molar-refractivity contribution in [3.05, 3.63) is 34.3 Å². The molecule has 1 rings (SSSR count). The molecule has 0 aliphatic carbocycles. The van der Waals surface area contributed by atoms with Gasteiger partial charge >= 0.3 is 0 Å². The third-order valence-corrected chi connectivity index (χ3v) is 3.34. The van der Waals surface area contributed by atoms with E-state index in [-0.39, 0.29) is 5.84 Å². The Balaban J connectivity index is 2.60. The number of hydrogen-bond acceptors (Lipinski definition) is 3. The zero-order valence-corrected chi connectivity index (χ0v) is 12.4. The first-order valence-electron chi connectivity index (χ1n) is 5.98. The van der Waals surface area contributed by atoms with E-state index in [2.05, 4.69) is 52.0 Å². The molecule has 0 saturated heterocycles. The molecule has 3 N–H and O–H groups in total. The van der Waals surface area contributed by atoms with Crippen LogP contribution in [-0.2, 0) is 6.54 Å². The third-order valence-electron chi connectivity index (χ3n) is 2.81. The van der Waals surface area contributed by atoms with Gasteiger partial charge in [0.15, 0.2) is 0 Å². The van der Waals surface area contributed by atoms with E-state index in [1.54, 1.807) is 0 Å². The SMILES string of the molecule is CC(C)N(CC/C(N)=N/O)Cc1ccc(Br)cc1. The van der Waals surface area contributed by atoms with Crippen LogP contribution < -0.4 is 5.73 Å². The minimum absolute atomic E-state index is 0.274. The summed E-state index contributed by atoms with van der Waals surface area (Å²) in [6.07, 6.45) is 0.575. The van der Waals surface area contributed by atoms with Gasteiger partial charge in [-0.2, -0.15) is 0 Å². The molecule has 0 atom stereocenters. The van der Waals surface area contributed by atoms with Crippen LogP contribution in [-0.4, -0.2) is 28.5 Å². The van der Waals surface area contributed by atoms with E-state index in [1.165, 1.54) is 5.56 Å². The molecule has 0 spiro atoms. The predicted molar refractivity (Wildman–Crippen MR) is 77.7 cm³/mol. The number of nitrogens with zero attached hydrogens (tertiary/aromatic N) is 2. The average molecular weight is 314 g/mol. The van der Waals surface area contributed by atoms with Crippen LogP contribution in [0.4, 0.5) is 0 Å². The highest BCUT2D eigenvalue weighted by Gasteiger charge is 2.10. The van der Waals surface area contributed by atoms with Crippen molar-refractivity contribution in [1.29, 1.82) is 0 Å². The summed E-state index contributed by atoms with van der Waals surface area (Å²) in [5.74, 6) is 0.274. The van der Waals surface area contributed by atoms with Crippen molar-refractivity contribution in [2.45, 2.75) is 32.9 Å². The van der Waals surface area contributed by atoms with Crippen LogP contribution >= 0.6 is 15.9 Å². The summed E-state index contributed by atoms with van der Waals surface area (Å²) in [6, 6.07) is 8.70. The first kappa shape index (κ1) is 15.0. The molecule has 4 nitrogen and oxygen atoms in total. The molecule has 0 unspecified atom stereocenters. The second-order valence-corrected chi connectivity index (χ2v) is 5.45. The van der Waals surface area contributed by atoms with Crippen LogP contribution in [0.1, 0.15) is 25.8 Å². The van der Waals surface area contributed by atoms with Gasteiger partial charge in [0.1, 0.15) is 5.84 Å². The van der Waals surface area contributed by atoms with Gasteiger partial charge in [0, 0.05) is 30.0 Å². The Kier molecular flexibility index (Phi) is 6.15. The molecule has 0 aliphatic heterocycles. The zero-order valence-electron chi connectivity index (χ0n) is 10.8. The molecule has 0 aliphatic rings. The molecule has 18 heavy (non-hydrogen) atoms. The Hall–Kier alpha value is -1.07. The van der Waals surface area contributed by atoms with Gasteiger partial charge in [0.25, 0.3) is 0 Å². The molecule has 5 heteroatoms. The molecule has 100 valence electrons. The van der Waals surface area contributed by atoms with E-state index in [4.69, 9.17) is 10.9 Å². The molecule has 0 heterocycles. The molecule has 1 aromatic carbocycles. The lowest BCUT2D eigenvalue weighted by Gasteiger charge is -2.26. The monoisotopic (exact) mass is 313 g/mol. The summed E-state index contributed by atoms with van der Waals surface area (Å²) in [5, 5.41) is 11.5. The van der Waals surface area contributed by atoms with Crippen LogP contribution in [0.2, 0.25) is 0 Å². The normalized spacial score (nSPS) is 12.4. The van der Waals surface area contributed by atoms with Gasteiger partial charge in [0.2, 0.25) is 0 Å². The van der Waals surface area contributed by atoms with Crippen LogP contribution in [0.25, 0.3) is 0 Å². The second-order valence-electron chi connectivity index (χ2n) is 4.53. The van der Waals surface area contributed by atoms with Crippen LogP contribution in [0.15, 0.2) is 33.9 Å². The minimum Gasteiger partial charge on any atom is -0.409 e. The summed E-state index contributed by atoms with van der Waals surface area (Å²) in [7, 11) is 0. The van der Waals surface area contributed by atoms with Crippen molar-refractivity contribution >= 4 is 21.8 Å². The highest BCUT2D eigenvalue weighted by atomic mass is 79.9. The van der Waals surface area contributed by atoms with Crippen molar-refractivity contribution in [2.75, 3.05) is 6.54 Å². The van der Waals surface area contributed by atoms with Gasteiger partial charge in [-0.1, -0.05) is 33.2 Å². The Labute approximate surface area is 117 Å². The lowest BCUT2D eigenvalue weighted by atomic mass is 10.2. The van der Waals surface area contributed by atoms with Gasteiger partial charge in [0.05, 0.1) is 0 Å². The smallest absolute Gasteiger partial charge is 0.140 e. The molecule has 0 fully saturated rings. The van der Waals surface area contributed by atoms with Crippen molar-refractivity contribution in [3.8, 4) is 0 Å². The Morgan fingerprint density at radius 3 is 2.50 bits per heavy atom. The number of benzene rings is 1. The molecule has 0 aromatic heterocycles. The quantitative estimate of drug-likeness (QED) is 0.367. The Morgan fingerprint density at radius 2 is 2.00 bits per heavy atom. The van der Waals surface area contributed by atoms with Crippen molar-refractivity contribution < 1.29 is 5.21 Å². The van der Waals surface area contributed by atoms with Gasteiger partial charge in [-0.15, -0.1) is 0 Å². The van der Waals surface area contributed by atoms with Crippen molar-refractivity contribution in [1.82, 2.24) is 4.90 Å². The molecule has 1 aromatic rings. The highest BCUT2D eigenvalue weighted by molar-refractivity contribution is 9.10. The van der Waals surface area contributed by atoms with E-state index in [0.717, 1.165) is 17.6 Å². The molecule has 0 bridgehead atoms. The maximum absolute atomic E-state index is 8.55. The Morgan fingerprint density at radius 1 is 1.39 bits per heavy atom. The maximum Gasteiger partial charge on any atom is 0.140 e. The summed E-state index contributed by atoms with van der Waals surface area (Å²) >= 11 is 3.43. The lowest BCUT2D eigenvalue weighted by Crippen LogP contribution is -2.33. The fourth-order valence-electron chi connectivity index (χ4n) is 1.65. The van der Waals surface area contributed by atoms with Crippen LogP contribution in [0, 0.1) is 0 Å². The maximum atomic E-state index is 8.55. The number of halogens is 1. The first-order chi connectivity index (χ1) is 8.52. The number of rotatable bonds is 6. The summed E-state index contributed by atoms with van der Waals surface area (Å²) < 4.78 is 1.08. The van der Waals surface area contributed by atoms with Gasteiger partial charge < -0.3 is 10.9 Å². The lowest BCUT2D eigenvalue weighted by molar-refractivity contribution is 0.218.